The Morgan fingerprint density at radius 2 is 2.33 bits per heavy atom. The van der Waals surface area contributed by atoms with Gasteiger partial charge in [-0.2, -0.15) is 5.10 Å². The van der Waals surface area contributed by atoms with Crippen molar-refractivity contribution in [1.29, 1.82) is 0 Å². The van der Waals surface area contributed by atoms with Crippen LogP contribution in [0.5, 0.6) is 0 Å². The van der Waals surface area contributed by atoms with Crippen LogP contribution >= 0.6 is 0 Å². The van der Waals surface area contributed by atoms with E-state index in [1.54, 1.807) is 10.9 Å². The molecule has 4 atom stereocenters. The summed E-state index contributed by atoms with van der Waals surface area (Å²) in [4.78, 5) is 12.2. The van der Waals surface area contributed by atoms with Crippen molar-refractivity contribution < 1.29 is 4.79 Å². The number of carbonyl (C=O) groups is 1. The Morgan fingerprint density at radius 3 is 2.94 bits per heavy atom. The van der Waals surface area contributed by atoms with Crippen LogP contribution in [0, 0.1) is 17.8 Å². The minimum Gasteiger partial charge on any atom is -0.350 e. The van der Waals surface area contributed by atoms with Gasteiger partial charge in [-0.3, -0.25) is 9.48 Å². The number of aryl methyl sites for hydroxylation is 1. The first-order valence-electron chi connectivity index (χ1n) is 6.67. The summed E-state index contributed by atoms with van der Waals surface area (Å²) in [7, 11) is 1.88. The summed E-state index contributed by atoms with van der Waals surface area (Å²) < 4.78 is 1.78. The summed E-state index contributed by atoms with van der Waals surface area (Å²) in [6.07, 6.45) is 5.26. The molecule has 2 bridgehead atoms. The maximum atomic E-state index is 12.2. The van der Waals surface area contributed by atoms with E-state index in [9.17, 15) is 4.79 Å². The van der Waals surface area contributed by atoms with Crippen LogP contribution in [-0.4, -0.2) is 21.7 Å². The maximum absolute atomic E-state index is 12.2. The van der Waals surface area contributed by atoms with E-state index < -0.39 is 0 Å². The molecule has 0 aliphatic heterocycles. The van der Waals surface area contributed by atoms with Crippen molar-refractivity contribution in [1.82, 2.24) is 15.1 Å². The Kier molecular flexibility index (Phi) is 2.86. The van der Waals surface area contributed by atoms with E-state index in [0.717, 1.165) is 12.1 Å². The highest BCUT2D eigenvalue weighted by Gasteiger charge is 2.48. The van der Waals surface area contributed by atoms with Crippen LogP contribution in [0.2, 0.25) is 0 Å². The van der Waals surface area contributed by atoms with Crippen molar-refractivity contribution in [2.75, 3.05) is 0 Å². The molecule has 5 nitrogen and oxygen atoms in total. The fraction of sp³-hybridized carbons (Fsp3) is 0.692. The molecular weight excluding hydrogens is 228 g/mol. The molecule has 2 aliphatic rings. The molecule has 98 valence electrons. The van der Waals surface area contributed by atoms with E-state index in [1.807, 2.05) is 13.1 Å². The number of hydrogen-bond donors (Lipinski definition) is 2. The monoisotopic (exact) mass is 248 g/mol. The number of fused-ring (bicyclic) bond motifs is 2. The van der Waals surface area contributed by atoms with Gasteiger partial charge in [0, 0.05) is 19.3 Å². The van der Waals surface area contributed by atoms with E-state index in [1.165, 1.54) is 12.8 Å². The third-order valence-corrected chi connectivity index (χ3v) is 4.65. The summed E-state index contributed by atoms with van der Waals surface area (Å²) >= 11 is 0. The molecule has 1 amide bonds. The lowest BCUT2D eigenvalue weighted by Crippen LogP contribution is -2.45. The third kappa shape index (κ3) is 1.82. The summed E-state index contributed by atoms with van der Waals surface area (Å²) in [5.74, 6) is 1.23. The van der Waals surface area contributed by atoms with Crippen molar-refractivity contribution in [3.8, 4) is 0 Å². The van der Waals surface area contributed by atoms with Gasteiger partial charge in [-0.05, 0) is 37.2 Å². The molecule has 4 unspecified atom stereocenters. The molecule has 18 heavy (non-hydrogen) atoms. The van der Waals surface area contributed by atoms with E-state index in [-0.39, 0.29) is 17.9 Å². The van der Waals surface area contributed by atoms with Crippen LogP contribution in [0.15, 0.2) is 12.3 Å². The van der Waals surface area contributed by atoms with Gasteiger partial charge in [-0.15, -0.1) is 0 Å². The van der Waals surface area contributed by atoms with Crippen molar-refractivity contribution in [2.24, 2.45) is 30.5 Å². The molecule has 1 aromatic rings. The smallest absolute Gasteiger partial charge is 0.225 e. The lowest BCUT2D eigenvalue weighted by Gasteiger charge is -2.26. The summed E-state index contributed by atoms with van der Waals surface area (Å²) in [5.41, 5.74) is 7.18. The number of nitrogens with zero attached hydrogens (tertiary/aromatic N) is 2. The predicted molar refractivity (Wildman–Crippen MR) is 67.4 cm³/mol. The van der Waals surface area contributed by atoms with E-state index in [2.05, 4.69) is 10.4 Å². The fourth-order valence-corrected chi connectivity index (χ4v) is 3.60. The van der Waals surface area contributed by atoms with Gasteiger partial charge in [0.2, 0.25) is 5.91 Å². The number of aromatic nitrogens is 2. The average molecular weight is 248 g/mol. The number of amides is 1. The zero-order valence-electron chi connectivity index (χ0n) is 10.7. The predicted octanol–water partition coefficient (Wildman–Crippen LogP) is 0.410. The Labute approximate surface area is 107 Å². The van der Waals surface area contributed by atoms with Gasteiger partial charge in [0.05, 0.1) is 18.2 Å². The number of nitrogens with two attached hydrogens (primary N) is 1. The first-order chi connectivity index (χ1) is 8.66. The van der Waals surface area contributed by atoms with Crippen LogP contribution in [0.3, 0.4) is 0 Å². The molecule has 2 aliphatic carbocycles. The molecule has 0 radical (unpaired) electrons. The topological polar surface area (TPSA) is 72.9 Å². The Morgan fingerprint density at radius 1 is 1.56 bits per heavy atom. The summed E-state index contributed by atoms with van der Waals surface area (Å²) in [5, 5.41) is 7.09. The molecule has 1 aromatic heterocycles. The quantitative estimate of drug-likeness (QED) is 0.813. The van der Waals surface area contributed by atoms with Crippen LogP contribution in [0.25, 0.3) is 0 Å². The second-order valence-electron chi connectivity index (χ2n) is 5.60. The molecule has 1 heterocycles. The van der Waals surface area contributed by atoms with Gasteiger partial charge in [-0.25, -0.2) is 0 Å². The SMILES string of the molecule is Cn1nccc1CNC(=O)C1C2CCC(C2)C1N. The van der Waals surface area contributed by atoms with Gasteiger partial charge in [0.1, 0.15) is 0 Å². The van der Waals surface area contributed by atoms with Crippen LogP contribution in [-0.2, 0) is 18.4 Å². The van der Waals surface area contributed by atoms with E-state index in [0.29, 0.717) is 18.4 Å². The minimum absolute atomic E-state index is 0.0250. The highest BCUT2D eigenvalue weighted by Crippen LogP contribution is 2.47. The normalized spacial score (nSPS) is 33.9. The lowest BCUT2D eigenvalue weighted by atomic mass is 9.84. The van der Waals surface area contributed by atoms with Crippen LogP contribution in [0.4, 0.5) is 0 Å². The van der Waals surface area contributed by atoms with Crippen molar-refractivity contribution >= 4 is 5.91 Å². The molecule has 0 aromatic carbocycles. The van der Waals surface area contributed by atoms with E-state index >= 15 is 0 Å². The Balaban J connectivity index is 1.61. The average Bonchev–Trinajstić information content (AvgIpc) is 3.02. The van der Waals surface area contributed by atoms with Crippen molar-refractivity contribution in [2.45, 2.75) is 31.8 Å². The van der Waals surface area contributed by atoms with Crippen molar-refractivity contribution in [3.63, 3.8) is 0 Å². The second kappa shape index (κ2) is 4.39. The second-order valence-corrected chi connectivity index (χ2v) is 5.60. The number of nitrogens with one attached hydrogen (secondary N) is 1. The molecule has 2 saturated carbocycles. The van der Waals surface area contributed by atoms with Gasteiger partial charge >= 0.3 is 0 Å². The van der Waals surface area contributed by atoms with Crippen molar-refractivity contribution in [3.05, 3.63) is 18.0 Å². The third-order valence-electron chi connectivity index (χ3n) is 4.65. The minimum atomic E-state index is 0.0250. The zero-order chi connectivity index (χ0) is 12.7. The number of rotatable bonds is 3. The zero-order valence-corrected chi connectivity index (χ0v) is 10.7. The Hall–Kier alpha value is -1.36. The highest BCUT2D eigenvalue weighted by molar-refractivity contribution is 5.80. The molecule has 3 rings (SSSR count). The standard InChI is InChI=1S/C13H20N4O/c1-17-10(4-5-16-17)7-15-13(18)11-8-2-3-9(6-8)12(11)14/h4-5,8-9,11-12H,2-3,6-7,14H2,1H3,(H,15,18). The van der Waals surface area contributed by atoms with Gasteiger partial charge in [0.15, 0.2) is 0 Å². The summed E-state index contributed by atoms with van der Waals surface area (Å²) in [6, 6.07) is 1.98. The largest absolute Gasteiger partial charge is 0.350 e. The summed E-state index contributed by atoms with van der Waals surface area (Å²) in [6.45, 7) is 0.538. The molecule has 2 fully saturated rings. The van der Waals surface area contributed by atoms with Gasteiger partial charge < -0.3 is 11.1 Å². The van der Waals surface area contributed by atoms with Gasteiger partial charge in [0.25, 0.3) is 0 Å². The van der Waals surface area contributed by atoms with Gasteiger partial charge in [-0.1, -0.05) is 0 Å². The Bertz CT molecular complexity index is 454. The first-order valence-corrected chi connectivity index (χ1v) is 6.67. The van der Waals surface area contributed by atoms with Crippen LogP contribution < -0.4 is 11.1 Å². The molecule has 5 heteroatoms. The lowest BCUT2D eigenvalue weighted by molar-refractivity contribution is -0.127. The molecular formula is C13H20N4O. The molecule has 3 N–H and O–H groups in total. The maximum Gasteiger partial charge on any atom is 0.225 e. The number of carbonyl (C=O) groups excluding carboxylic acids is 1. The first kappa shape index (κ1) is 11.7. The van der Waals surface area contributed by atoms with Crippen LogP contribution in [0.1, 0.15) is 25.0 Å². The molecule has 0 spiro atoms. The molecule has 0 saturated heterocycles. The number of hydrogen-bond acceptors (Lipinski definition) is 3. The van der Waals surface area contributed by atoms with E-state index in [4.69, 9.17) is 5.73 Å². The highest BCUT2D eigenvalue weighted by atomic mass is 16.1. The fourth-order valence-electron chi connectivity index (χ4n) is 3.60.